The predicted octanol–water partition coefficient (Wildman–Crippen LogP) is 2.87. The second-order valence-corrected chi connectivity index (χ2v) is 12.2. The first kappa shape index (κ1) is 32.4. The zero-order valence-electron chi connectivity index (χ0n) is 24.5. The largest absolute Gasteiger partial charge is 0.459 e. The number of aliphatic hydroxyl groups is 3. The van der Waals surface area contributed by atoms with E-state index in [2.05, 4.69) is 6.92 Å². The van der Waals surface area contributed by atoms with E-state index < -0.39 is 53.8 Å². The summed E-state index contributed by atoms with van der Waals surface area (Å²) in [6.45, 7) is 13.6. The molecule has 2 heterocycles. The van der Waals surface area contributed by atoms with Crippen molar-refractivity contribution in [2.45, 2.75) is 141 Å². The van der Waals surface area contributed by atoms with Crippen molar-refractivity contribution in [2.75, 3.05) is 20.7 Å². The number of hydrogen-bond acceptors (Lipinski definition) is 9. The number of nitrogens with zero attached hydrogens (tertiary/aromatic N) is 1. The number of esters is 1. The molecule has 2 aliphatic rings. The van der Waals surface area contributed by atoms with E-state index in [1.165, 1.54) is 6.92 Å². The number of ether oxygens (including phenoxy) is 4. The molecule has 218 valence electrons. The quantitative estimate of drug-likeness (QED) is 0.471. The number of methoxy groups -OCH3 is 1. The summed E-state index contributed by atoms with van der Waals surface area (Å²) in [7, 11) is 3.57. The lowest BCUT2D eigenvalue weighted by atomic mass is 9.86. The highest BCUT2D eigenvalue weighted by molar-refractivity contribution is 5.73. The molecule has 3 N–H and O–H groups in total. The Bertz CT molecular complexity index is 720. The van der Waals surface area contributed by atoms with Crippen LogP contribution in [0.25, 0.3) is 0 Å². The molecule has 11 atom stereocenters. The predicted molar refractivity (Wildman–Crippen MR) is 141 cm³/mol. The average molecular weight is 532 g/mol. The first-order valence-electron chi connectivity index (χ1n) is 14.0. The Balaban J connectivity index is 2.33. The van der Waals surface area contributed by atoms with Gasteiger partial charge in [0.15, 0.2) is 6.29 Å². The van der Waals surface area contributed by atoms with E-state index in [1.54, 1.807) is 14.0 Å². The minimum atomic E-state index is -1.65. The fourth-order valence-corrected chi connectivity index (χ4v) is 5.88. The summed E-state index contributed by atoms with van der Waals surface area (Å²) in [6, 6.07) is -0.387. The molecule has 0 amide bonds. The maximum Gasteiger partial charge on any atom is 0.311 e. The van der Waals surface area contributed by atoms with Crippen LogP contribution in [0.4, 0.5) is 0 Å². The molecule has 0 aliphatic carbocycles. The number of likely N-dealkylation sites (N-methyl/N-ethyl adjacent to an activating group) is 1. The summed E-state index contributed by atoms with van der Waals surface area (Å²) < 4.78 is 24.0. The van der Waals surface area contributed by atoms with E-state index in [0.29, 0.717) is 38.6 Å². The molecule has 9 heteroatoms. The third-order valence-corrected chi connectivity index (χ3v) is 8.54. The van der Waals surface area contributed by atoms with Gasteiger partial charge in [-0.25, -0.2) is 0 Å². The second kappa shape index (κ2) is 13.5. The molecule has 2 fully saturated rings. The zero-order chi connectivity index (χ0) is 28.1. The molecule has 2 saturated heterocycles. The van der Waals surface area contributed by atoms with Gasteiger partial charge in [0, 0.05) is 32.5 Å². The summed E-state index contributed by atoms with van der Waals surface area (Å²) in [5, 5.41) is 33.3. The summed E-state index contributed by atoms with van der Waals surface area (Å²) in [5.74, 6) is -1.03. The van der Waals surface area contributed by atoms with Crippen LogP contribution in [0.2, 0.25) is 0 Å². The summed E-state index contributed by atoms with van der Waals surface area (Å²) >= 11 is 0. The van der Waals surface area contributed by atoms with Crippen molar-refractivity contribution in [1.82, 2.24) is 4.90 Å². The van der Waals surface area contributed by atoms with Crippen molar-refractivity contribution in [3.8, 4) is 0 Å². The van der Waals surface area contributed by atoms with Gasteiger partial charge < -0.3 is 39.2 Å². The fourth-order valence-electron chi connectivity index (χ4n) is 5.88. The first-order valence-corrected chi connectivity index (χ1v) is 14.0. The van der Waals surface area contributed by atoms with Crippen LogP contribution in [-0.2, 0) is 23.7 Å². The summed E-state index contributed by atoms with van der Waals surface area (Å²) in [4.78, 5) is 15.3. The van der Waals surface area contributed by atoms with Crippen molar-refractivity contribution in [1.29, 1.82) is 0 Å². The molecule has 0 aromatic carbocycles. The Morgan fingerprint density at radius 3 is 2.35 bits per heavy atom. The van der Waals surface area contributed by atoms with Crippen LogP contribution in [0.3, 0.4) is 0 Å². The highest BCUT2D eigenvalue weighted by Crippen LogP contribution is 2.34. The number of cyclic esters (lactones) is 1. The van der Waals surface area contributed by atoms with Crippen LogP contribution in [0.5, 0.6) is 0 Å². The van der Waals surface area contributed by atoms with Gasteiger partial charge in [0.2, 0.25) is 0 Å². The zero-order valence-corrected chi connectivity index (χ0v) is 24.5. The monoisotopic (exact) mass is 531 g/mol. The highest BCUT2D eigenvalue weighted by atomic mass is 16.7. The number of rotatable bonds is 4. The minimum absolute atomic E-state index is 0.0697. The maximum absolute atomic E-state index is 13.4. The van der Waals surface area contributed by atoms with E-state index in [4.69, 9.17) is 18.9 Å². The normalized spacial score (nSPS) is 46.1. The van der Waals surface area contributed by atoms with Crippen molar-refractivity contribution in [2.24, 2.45) is 11.8 Å². The Hall–Kier alpha value is -0.810. The summed E-state index contributed by atoms with van der Waals surface area (Å²) in [6.07, 6.45) is -0.712. The van der Waals surface area contributed by atoms with E-state index >= 15 is 0 Å². The minimum Gasteiger partial charge on any atom is -0.459 e. The average Bonchev–Trinajstić information content (AvgIpc) is 2.81. The molecule has 9 nitrogen and oxygen atoms in total. The van der Waals surface area contributed by atoms with E-state index in [0.717, 1.165) is 6.42 Å². The van der Waals surface area contributed by atoms with E-state index in [-0.39, 0.29) is 18.1 Å². The molecule has 0 bridgehead atoms. The number of carbonyl (C=O) groups is 1. The molecule has 37 heavy (non-hydrogen) atoms. The van der Waals surface area contributed by atoms with Crippen LogP contribution in [-0.4, -0.2) is 101 Å². The molecule has 2 rings (SSSR count). The lowest BCUT2D eigenvalue weighted by molar-refractivity contribution is -0.259. The van der Waals surface area contributed by atoms with Gasteiger partial charge in [0.1, 0.15) is 17.8 Å². The van der Waals surface area contributed by atoms with Crippen molar-refractivity contribution >= 4 is 5.97 Å². The first-order chi connectivity index (χ1) is 17.1. The third kappa shape index (κ3) is 8.59. The van der Waals surface area contributed by atoms with Gasteiger partial charge in [0.05, 0.1) is 29.8 Å². The van der Waals surface area contributed by atoms with Gasteiger partial charge in [-0.3, -0.25) is 4.79 Å². The Morgan fingerprint density at radius 1 is 1.11 bits per heavy atom. The van der Waals surface area contributed by atoms with Gasteiger partial charge in [-0.2, -0.15) is 0 Å². The van der Waals surface area contributed by atoms with Crippen molar-refractivity contribution < 1.29 is 39.1 Å². The van der Waals surface area contributed by atoms with E-state index in [9.17, 15) is 20.1 Å². The molecule has 0 aromatic rings. The van der Waals surface area contributed by atoms with Crippen molar-refractivity contribution in [3.05, 3.63) is 0 Å². The molecule has 2 aliphatic heterocycles. The standard InChI is InChI=1S/C28H53NO8/c1-10-23-28(7,33)25(31)20(5)29(8)16-17(2)13-21(30)11-12-22(19(4)26(32)37-23)36-24-15-27(6,34-9)14-18(3)35-24/h17-25,30-31,33H,10-16H2,1-9H3/t17-,18+,19-,20-,21+,22+,23-,24+,25-,27+,28-/m1/s1. The molecular formula is C28H53NO8. The molecule has 0 spiro atoms. The van der Waals surface area contributed by atoms with Crippen LogP contribution >= 0.6 is 0 Å². The van der Waals surface area contributed by atoms with Gasteiger partial charge >= 0.3 is 5.97 Å². The van der Waals surface area contributed by atoms with Gasteiger partial charge in [0.25, 0.3) is 0 Å². The smallest absolute Gasteiger partial charge is 0.311 e. The molecule has 0 unspecified atom stereocenters. The molecule has 0 saturated carbocycles. The lowest BCUT2D eigenvalue weighted by Crippen LogP contribution is -2.59. The van der Waals surface area contributed by atoms with Crippen molar-refractivity contribution in [3.63, 3.8) is 0 Å². The fraction of sp³-hybridized carbons (Fsp3) is 0.964. The topological polar surface area (TPSA) is 118 Å². The molecule has 0 radical (unpaired) electrons. The second-order valence-electron chi connectivity index (χ2n) is 12.2. The van der Waals surface area contributed by atoms with Gasteiger partial charge in [-0.1, -0.05) is 13.8 Å². The van der Waals surface area contributed by atoms with E-state index in [1.807, 2.05) is 39.6 Å². The molecule has 0 aromatic heterocycles. The summed E-state index contributed by atoms with van der Waals surface area (Å²) in [5.41, 5.74) is -2.05. The molecular weight excluding hydrogens is 478 g/mol. The number of hydrogen-bond donors (Lipinski definition) is 3. The third-order valence-electron chi connectivity index (χ3n) is 8.54. The number of carbonyl (C=O) groups excluding carboxylic acids is 1. The Morgan fingerprint density at radius 2 is 1.76 bits per heavy atom. The van der Waals surface area contributed by atoms with Gasteiger partial charge in [-0.15, -0.1) is 0 Å². The Labute approximate surface area is 223 Å². The number of aliphatic hydroxyl groups excluding tert-OH is 2. The van der Waals surface area contributed by atoms with Crippen LogP contribution in [0.15, 0.2) is 0 Å². The van der Waals surface area contributed by atoms with Crippen LogP contribution in [0, 0.1) is 11.8 Å². The highest BCUT2D eigenvalue weighted by Gasteiger charge is 2.46. The van der Waals surface area contributed by atoms with Crippen LogP contribution < -0.4 is 0 Å². The van der Waals surface area contributed by atoms with Gasteiger partial charge in [-0.05, 0) is 73.3 Å². The van der Waals surface area contributed by atoms with Crippen LogP contribution in [0.1, 0.15) is 87.0 Å². The Kier molecular flexibility index (Phi) is 11.8. The maximum atomic E-state index is 13.4. The lowest BCUT2D eigenvalue weighted by Gasteiger charge is -2.42. The SMILES string of the molecule is CC[C@H]1OC(=O)[C@H](C)[C@@H](O[C@H]2C[C@@](C)(OC)C[C@H](C)O2)CC[C@H](O)C[C@@H](C)CN(C)[C@H](C)[C@@H](O)[C@]1(C)O.